The average Bonchev–Trinajstić information content (AvgIpc) is 2.59. The third kappa shape index (κ3) is 15.4. The lowest BCUT2D eigenvalue weighted by molar-refractivity contribution is -0.158. The van der Waals surface area contributed by atoms with Crippen LogP contribution >= 0.6 is 11.6 Å². The minimum atomic E-state index is -3.40. The summed E-state index contributed by atoms with van der Waals surface area (Å²) in [5.74, 6) is 0.201. The molecule has 0 aliphatic heterocycles. The maximum atomic E-state index is 11.6. The molecule has 174 valence electrons. The lowest BCUT2D eigenvalue weighted by Gasteiger charge is -2.23. The number of rotatable bonds is 11. The molecule has 12 heteroatoms. The van der Waals surface area contributed by atoms with Gasteiger partial charge in [0.15, 0.2) is 5.60 Å². The molecule has 0 atom stereocenters. The molecule has 0 radical (unpaired) electrons. The maximum Gasteiger partial charge on any atom is 0.349 e. The van der Waals surface area contributed by atoms with Gasteiger partial charge in [-0.25, -0.2) is 4.79 Å². The Morgan fingerprint density at radius 2 is 1.37 bits per heavy atom. The SMILES string of the molecule is CCOC(=O)C(C)(C)Oc1ccc(Cl)cc1.CS(=O)(=O)OCCCCOS(C)(=O)=O. The van der Waals surface area contributed by atoms with Gasteiger partial charge < -0.3 is 9.47 Å². The molecule has 0 bridgehead atoms. The Bertz CT molecular complexity index is 812. The van der Waals surface area contributed by atoms with Gasteiger partial charge in [0.05, 0.1) is 32.3 Å². The van der Waals surface area contributed by atoms with Crippen molar-refractivity contribution in [2.24, 2.45) is 0 Å². The van der Waals surface area contributed by atoms with Crippen LogP contribution in [0.25, 0.3) is 0 Å². The minimum absolute atomic E-state index is 0.0476. The van der Waals surface area contributed by atoms with Gasteiger partial charge in [-0.15, -0.1) is 0 Å². The van der Waals surface area contributed by atoms with E-state index in [0.29, 0.717) is 30.2 Å². The van der Waals surface area contributed by atoms with Crippen LogP contribution in [0, 0.1) is 0 Å². The molecule has 0 saturated heterocycles. The van der Waals surface area contributed by atoms with Crippen LogP contribution in [0.5, 0.6) is 5.75 Å². The predicted molar refractivity (Wildman–Crippen MR) is 114 cm³/mol. The lowest BCUT2D eigenvalue weighted by Crippen LogP contribution is -2.39. The van der Waals surface area contributed by atoms with E-state index in [4.69, 9.17) is 21.1 Å². The second-order valence-electron chi connectivity index (χ2n) is 6.55. The van der Waals surface area contributed by atoms with Crippen LogP contribution in [0.1, 0.15) is 33.6 Å². The van der Waals surface area contributed by atoms with E-state index >= 15 is 0 Å². The highest BCUT2D eigenvalue weighted by atomic mass is 35.5. The number of carbonyl (C=O) groups excluding carboxylic acids is 1. The zero-order chi connectivity index (χ0) is 23.4. The summed E-state index contributed by atoms with van der Waals surface area (Å²) < 4.78 is 61.2. The average molecular weight is 489 g/mol. The molecule has 0 fully saturated rings. The Kier molecular flexibility index (Phi) is 12.5. The molecule has 0 aliphatic rings. The Labute approximate surface area is 183 Å². The van der Waals surface area contributed by atoms with Crippen molar-refractivity contribution in [3.05, 3.63) is 29.3 Å². The van der Waals surface area contributed by atoms with E-state index in [1.807, 2.05) is 0 Å². The lowest BCUT2D eigenvalue weighted by atomic mass is 10.1. The highest BCUT2D eigenvalue weighted by Gasteiger charge is 2.31. The van der Waals surface area contributed by atoms with E-state index in [-0.39, 0.29) is 19.2 Å². The second-order valence-corrected chi connectivity index (χ2v) is 10.3. The first-order valence-corrected chi connectivity index (χ1v) is 13.0. The number of esters is 1. The first kappa shape index (κ1) is 28.6. The van der Waals surface area contributed by atoms with Crippen molar-refractivity contribution in [2.45, 2.75) is 39.2 Å². The number of benzene rings is 1. The van der Waals surface area contributed by atoms with Crippen molar-refractivity contribution in [2.75, 3.05) is 32.3 Å². The largest absolute Gasteiger partial charge is 0.476 e. The van der Waals surface area contributed by atoms with E-state index in [9.17, 15) is 21.6 Å². The molecule has 0 N–H and O–H groups in total. The second kappa shape index (κ2) is 13.1. The van der Waals surface area contributed by atoms with Crippen LogP contribution in [-0.4, -0.2) is 60.7 Å². The third-order valence-electron chi connectivity index (χ3n) is 3.09. The summed E-state index contributed by atoms with van der Waals surface area (Å²) in [4.78, 5) is 11.6. The fraction of sp³-hybridized carbons (Fsp3) is 0.611. The molecule has 0 amide bonds. The van der Waals surface area contributed by atoms with Crippen molar-refractivity contribution in [1.29, 1.82) is 0 Å². The van der Waals surface area contributed by atoms with Gasteiger partial charge in [0.25, 0.3) is 20.2 Å². The van der Waals surface area contributed by atoms with Crippen LogP contribution < -0.4 is 4.74 Å². The van der Waals surface area contributed by atoms with Gasteiger partial charge in [-0.05, 0) is 57.9 Å². The Morgan fingerprint density at radius 1 is 0.933 bits per heavy atom. The van der Waals surface area contributed by atoms with Gasteiger partial charge in [0.1, 0.15) is 5.75 Å². The summed E-state index contributed by atoms with van der Waals surface area (Å²) >= 11 is 5.75. The van der Waals surface area contributed by atoms with E-state index in [1.165, 1.54) is 0 Å². The van der Waals surface area contributed by atoms with E-state index in [2.05, 4.69) is 8.37 Å². The molecule has 0 saturated carbocycles. The predicted octanol–water partition coefficient (Wildman–Crippen LogP) is 2.78. The van der Waals surface area contributed by atoms with Gasteiger partial charge in [-0.3, -0.25) is 8.37 Å². The van der Waals surface area contributed by atoms with Crippen LogP contribution in [0.2, 0.25) is 5.02 Å². The Hall–Kier alpha value is -1.40. The number of hydrogen-bond donors (Lipinski definition) is 0. The number of hydrogen-bond acceptors (Lipinski definition) is 9. The van der Waals surface area contributed by atoms with Crippen LogP contribution in [-0.2, 0) is 38.1 Å². The van der Waals surface area contributed by atoms with Crippen molar-refractivity contribution in [3.63, 3.8) is 0 Å². The van der Waals surface area contributed by atoms with Crippen molar-refractivity contribution >= 4 is 37.8 Å². The van der Waals surface area contributed by atoms with Gasteiger partial charge >= 0.3 is 5.97 Å². The summed E-state index contributed by atoms with van der Waals surface area (Å²) in [5.41, 5.74) is -0.996. The molecule has 0 unspecified atom stereocenters. The Morgan fingerprint density at radius 3 is 1.73 bits per heavy atom. The van der Waals surface area contributed by atoms with Crippen molar-refractivity contribution in [1.82, 2.24) is 0 Å². The quantitative estimate of drug-likeness (QED) is 0.263. The summed E-state index contributed by atoms with van der Waals surface area (Å²) in [6.07, 6.45) is 2.78. The number of halogens is 1. The smallest absolute Gasteiger partial charge is 0.349 e. The highest BCUT2D eigenvalue weighted by molar-refractivity contribution is 7.86. The van der Waals surface area contributed by atoms with E-state index in [1.54, 1.807) is 45.0 Å². The molecule has 1 aromatic rings. The molecule has 9 nitrogen and oxygen atoms in total. The zero-order valence-electron chi connectivity index (χ0n) is 17.7. The molecule has 0 aliphatic carbocycles. The molecule has 1 rings (SSSR count). The fourth-order valence-corrected chi connectivity index (χ4v) is 2.74. The topological polar surface area (TPSA) is 122 Å². The normalized spacial score (nSPS) is 11.9. The first-order valence-electron chi connectivity index (χ1n) is 8.97. The summed E-state index contributed by atoms with van der Waals surface area (Å²) in [5, 5.41) is 0.626. The van der Waals surface area contributed by atoms with Gasteiger partial charge in [-0.1, -0.05) is 11.6 Å². The van der Waals surface area contributed by atoms with Crippen LogP contribution in [0.15, 0.2) is 24.3 Å². The molecular weight excluding hydrogens is 460 g/mol. The van der Waals surface area contributed by atoms with Crippen LogP contribution in [0.3, 0.4) is 0 Å². The maximum absolute atomic E-state index is 11.6. The molecule has 0 aromatic heterocycles. The summed E-state index contributed by atoms with van der Waals surface area (Å²) in [7, 11) is -6.80. The molecular formula is C18H29ClO9S2. The first-order chi connectivity index (χ1) is 13.7. The van der Waals surface area contributed by atoms with Crippen molar-refractivity contribution in [3.8, 4) is 5.75 Å². The number of carbonyl (C=O) groups is 1. The van der Waals surface area contributed by atoms with Gasteiger partial charge in [0, 0.05) is 5.02 Å². The molecule has 0 heterocycles. The molecule has 1 aromatic carbocycles. The van der Waals surface area contributed by atoms with E-state index < -0.39 is 25.8 Å². The standard InChI is InChI=1S/C12H15ClO3.C6H14O6S2/c1-4-15-11(14)12(2,3)16-10-7-5-9(13)6-8-10;1-13(7,8)11-5-3-4-6-12-14(2,9)10/h5-8H,4H2,1-3H3;3-6H2,1-2H3. The molecule has 0 spiro atoms. The zero-order valence-corrected chi connectivity index (χ0v) is 20.1. The van der Waals surface area contributed by atoms with Crippen molar-refractivity contribution < 1.29 is 39.5 Å². The Balaban J connectivity index is 0.000000567. The summed E-state index contributed by atoms with van der Waals surface area (Å²) in [6, 6.07) is 6.84. The highest BCUT2D eigenvalue weighted by Crippen LogP contribution is 2.21. The molecule has 30 heavy (non-hydrogen) atoms. The summed E-state index contributed by atoms with van der Waals surface area (Å²) in [6.45, 7) is 5.53. The van der Waals surface area contributed by atoms with Gasteiger partial charge in [-0.2, -0.15) is 16.8 Å². The minimum Gasteiger partial charge on any atom is -0.476 e. The van der Waals surface area contributed by atoms with Crippen LogP contribution in [0.4, 0.5) is 0 Å². The number of unbranched alkanes of at least 4 members (excludes halogenated alkanes) is 1. The third-order valence-corrected chi connectivity index (χ3v) is 4.53. The van der Waals surface area contributed by atoms with Gasteiger partial charge in [0.2, 0.25) is 0 Å². The number of ether oxygens (including phenoxy) is 2. The fourth-order valence-electron chi connectivity index (χ4n) is 1.77. The monoisotopic (exact) mass is 488 g/mol. The van der Waals surface area contributed by atoms with E-state index in [0.717, 1.165) is 12.5 Å².